The van der Waals surface area contributed by atoms with Crippen LogP contribution in [0.1, 0.15) is 39.6 Å². The summed E-state index contributed by atoms with van der Waals surface area (Å²) in [5.41, 5.74) is 8.91. The van der Waals surface area contributed by atoms with Crippen molar-refractivity contribution in [3.8, 4) is 11.1 Å². The van der Waals surface area contributed by atoms with Crippen molar-refractivity contribution < 1.29 is 18.7 Å². The SMILES string of the molecule is CCCOC(=O)c1cccc(-c2cc(C(=O)Nc3ccncc3F)ccc2CN)c1.Cl. The van der Waals surface area contributed by atoms with E-state index in [1.807, 2.05) is 13.0 Å². The summed E-state index contributed by atoms with van der Waals surface area (Å²) < 4.78 is 19.0. The molecule has 8 heteroatoms. The lowest BCUT2D eigenvalue weighted by Crippen LogP contribution is -2.14. The third-order valence-corrected chi connectivity index (χ3v) is 4.46. The topological polar surface area (TPSA) is 94.3 Å². The molecule has 1 heterocycles. The molecule has 1 aromatic heterocycles. The van der Waals surface area contributed by atoms with Gasteiger partial charge in [0.05, 0.1) is 24.1 Å². The zero-order valence-corrected chi connectivity index (χ0v) is 17.7. The number of nitrogens with two attached hydrogens (primary N) is 1. The molecule has 3 aromatic rings. The van der Waals surface area contributed by atoms with Gasteiger partial charge < -0.3 is 15.8 Å². The van der Waals surface area contributed by atoms with Crippen molar-refractivity contribution in [1.82, 2.24) is 4.98 Å². The number of amides is 1. The van der Waals surface area contributed by atoms with Crippen LogP contribution in [0.5, 0.6) is 0 Å². The second kappa shape index (κ2) is 11.2. The molecule has 0 aliphatic heterocycles. The molecule has 0 atom stereocenters. The molecule has 0 aliphatic carbocycles. The number of hydrogen-bond acceptors (Lipinski definition) is 5. The molecular weight excluding hydrogens is 421 g/mol. The molecular formula is C23H23ClFN3O3. The van der Waals surface area contributed by atoms with Crippen molar-refractivity contribution >= 4 is 30.0 Å². The van der Waals surface area contributed by atoms with Crippen LogP contribution >= 0.6 is 12.4 Å². The number of carbonyl (C=O) groups excluding carboxylic acids is 2. The Kier molecular flexibility index (Phi) is 8.66. The average Bonchev–Trinajstić information content (AvgIpc) is 2.78. The molecule has 162 valence electrons. The Balaban J connectivity index is 0.00000341. The summed E-state index contributed by atoms with van der Waals surface area (Å²) in [6.07, 6.45) is 3.16. The summed E-state index contributed by atoms with van der Waals surface area (Å²) in [7, 11) is 0. The Labute approximate surface area is 186 Å². The molecule has 0 bridgehead atoms. The van der Waals surface area contributed by atoms with Crippen LogP contribution in [0.4, 0.5) is 10.1 Å². The molecule has 0 fully saturated rings. The Morgan fingerprint density at radius 1 is 1.13 bits per heavy atom. The van der Waals surface area contributed by atoms with Crippen molar-refractivity contribution in [2.45, 2.75) is 19.9 Å². The van der Waals surface area contributed by atoms with Gasteiger partial charge in [-0.15, -0.1) is 12.4 Å². The maximum absolute atomic E-state index is 13.8. The number of rotatable bonds is 7. The first-order chi connectivity index (χ1) is 14.5. The largest absolute Gasteiger partial charge is 0.462 e. The van der Waals surface area contributed by atoms with Gasteiger partial charge in [-0.25, -0.2) is 9.18 Å². The fourth-order valence-electron chi connectivity index (χ4n) is 2.93. The van der Waals surface area contributed by atoms with E-state index >= 15 is 0 Å². The van der Waals surface area contributed by atoms with Crippen molar-refractivity contribution in [3.05, 3.63) is 83.4 Å². The molecule has 0 aliphatic rings. The van der Waals surface area contributed by atoms with Gasteiger partial charge >= 0.3 is 5.97 Å². The summed E-state index contributed by atoms with van der Waals surface area (Å²) in [6.45, 7) is 2.52. The van der Waals surface area contributed by atoms with Gasteiger partial charge in [-0.2, -0.15) is 0 Å². The van der Waals surface area contributed by atoms with E-state index in [2.05, 4.69) is 10.3 Å². The van der Waals surface area contributed by atoms with E-state index in [9.17, 15) is 14.0 Å². The third kappa shape index (κ3) is 5.87. The minimum absolute atomic E-state index is 0. The maximum atomic E-state index is 13.8. The lowest BCUT2D eigenvalue weighted by atomic mass is 9.95. The highest BCUT2D eigenvalue weighted by Gasteiger charge is 2.14. The fourth-order valence-corrected chi connectivity index (χ4v) is 2.93. The van der Waals surface area contributed by atoms with Crippen molar-refractivity contribution in [2.24, 2.45) is 5.73 Å². The number of esters is 1. The summed E-state index contributed by atoms with van der Waals surface area (Å²) in [5.74, 6) is -1.50. The molecule has 0 unspecified atom stereocenters. The average molecular weight is 444 g/mol. The van der Waals surface area contributed by atoms with Crippen LogP contribution in [0.15, 0.2) is 60.9 Å². The predicted molar refractivity (Wildman–Crippen MR) is 120 cm³/mol. The molecule has 3 rings (SSSR count). The van der Waals surface area contributed by atoms with Crippen molar-refractivity contribution in [2.75, 3.05) is 11.9 Å². The molecule has 0 saturated carbocycles. The Hall–Kier alpha value is -3.29. The summed E-state index contributed by atoms with van der Waals surface area (Å²) in [4.78, 5) is 28.5. The lowest BCUT2D eigenvalue weighted by molar-refractivity contribution is 0.0505. The maximum Gasteiger partial charge on any atom is 0.338 e. The second-order valence-electron chi connectivity index (χ2n) is 6.60. The number of anilines is 1. The van der Waals surface area contributed by atoms with Gasteiger partial charge in [0.15, 0.2) is 5.82 Å². The van der Waals surface area contributed by atoms with Crippen LogP contribution < -0.4 is 11.1 Å². The van der Waals surface area contributed by atoms with Crippen LogP contribution in [0.25, 0.3) is 11.1 Å². The number of nitrogens with one attached hydrogen (secondary N) is 1. The first-order valence-electron chi connectivity index (χ1n) is 9.55. The van der Waals surface area contributed by atoms with E-state index in [1.165, 1.54) is 12.3 Å². The van der Waals surface area contributed by atoms with Crippen LogP contribution in [0, 0.1) is 5.82 Å². The number of ether oxygens (including phenoxy) is 1. The van der Waals surface area contributed by atoms with Crippen molar-refractivity contribution in [1.29, 1.82) is 0 Å². The molecule has 0 saturated heterocycles. The third-order valence-electron chi connectivity index (χ3n) is 4.46. The highest BCUT2D eigenvalue weighted by Crippen LogP contribution is 2.27. The monoisotopic (exact) mass is 443 g/mol. The molecule has 31 heavy (non-hydrogen) atoms. The van der Waals surface area contributed by atoms with Gasteiger partial charge in [0.1, 0.15) is 0 Å². The summed E-state index contributed by atoms with van der Waals surface area (Å²) >= 11 is 0. The first kappa shape index (κ1) is 24.0. The molecule has 1 amide bonds. The van der Waals surface area contributed by atoms with Gasteiger partial charge in [0, 0.05) is 18.3 Å². The van der Waals surface area contributed by atoms with Gasteiger partial charge in [-0.1, -0.05) is 25.1 Å². The van der Waals surface area contributed by atoms with Gasteiger partial charge in [-0.3, -0.25) is 9.78 Å². The zero-order chi connectivity index (χ0) is 21.5. The predicted octanol–water partition coefficient (Wildman–Crippen LogP) is 4.59. The van der Waals surface area contributed by atoms with Crippen LogP contribution in [-0.2, 0) is 11.3 Å². The number of benzene rings is 2. The number of halogens is 2. The highest BCUT2D eigenvalue weighted by molar-refractivity contribution is 6.05. The molecule has 6 nitrogen and oxygen atoms in total. The lowest BCUT2D eigenvalue weighted by Gasteiger charge is -2.13. The Morgan fingerprint density at radius 3 is 2.65 bits per heavy atom. The number of nitrogens with zero attached hydrogens (tertiary/aromatic N) is 1. The number of aromatic nitrogens is 1. The smallest absolute Gasteiger partial charge is 0.338 e. The van der Waals surface area contributed by atoms with Crippen molar-refractivity contribution in [3.63, 3.8) is 0 Å². The number of hydrogen-bond donors (Lipinski definition) is 2. The van der Waals surface area contributed by atoms with E-state index < -0.39 is 17.7 Å². The van der Waals surface area contributed by atoms with E-state index in [1.54, 1.807) is 36.4 Å². The highest BCUT2D eigenvalue weighted by atomic mass is 35.5. The van der Waals surface area contributed by atoms with Crippen LogP contribution in [0.2, 0.25) is 0 Å². The van der Waals surface area contributed by atoms with E-state index in [0.717, 1.165) is 23.7 Å². The standard InChI is InChI=1S/C23H22FN3O3.ClH/c1-2-10-30-23(29)17-5-3-4-15(11-17)19-12-16(6-7-18(19)13-25)22(28)27-21-8-9-26-14-20(21)24;/h3-9,11-12,14H,2,10,13,25H2,1H3,(H,26,27,28);1H. The first-order valence-corrected chi connectivity index (χ1v) is 9.55. The Bertz CT molecular complexity index is 1080. The van der Waals surface area contributed by atoms with Gasteiger partial charge in [0.2, 0.25) is 0 Å². The second-order valence-corrected chi connectivity index (χ2v) is 6.60. The normalized spacial score (nSPS) is 10.2. The zero-order valence-electron chi connectivity index (χ0n) is 16.9. The van der Waals surface area contributed by atoms with E-state index in [-0.39, 0.29) is 24.6 Å². The minimum Gasteiger partial charge on any atom is -0.462 e. The summed E-state index contributed by atoms with van der Waals surface area (Å²) in [5, 5.41) is 2.54. The van der Waals surface area contributed by atoms with Crippen LogP contribution in [0.3, 0.4) is 0 Å². The van der Waals surface area contributed by atoms with Gasteiger partial charge in [-0.05, 0) is 53.4 Å². The molecule has 0 spiro atoms. The van der Waals surface area contributed by atoms with E-state index in [0.29, 0.717) is 23.3 Å². The molecule has 2 aromatic carbocycles. The Morgan fingerprint density at radius 2 is 1.94 bits per heavy atom. The fraction of sp³-hybridized carbons (Fsp3) is 0.174. The van der Waals surface area contributed by atoms with E-state index in [4.69, 9.17) is 10.5 Å². The minimum atomic E-state index is -0.622. The van der Waals surface area contributed by atoms with Gasteiger partial charge in [0.25, 0.3) is 5.91 Å². The number of carbonyl (C=O) groups is 2. The number of pyridine rings is 1. The van der Waals surface area contributed by atoms with Crippen LogP contribution in [-0.4, -0.2) is 23.5 Å². The summed E-state index contributed by atoms with van der Waals surface area (Å²) in [6, 6.07) is 13.4. The molecule has 3 N–H and O–H groups in total. The molecule has 0 radical (unpaired) electrons. The quantitative estimate of drug-likeness (QED) is 0.521.